The summed E-state index contributed by atoms with van der Waals surface area (Å²) in [4.78, 5) is 12.0. The molecule has 2 aliphatic rings. The number of carbonyl (C=O) groups is 1. The van der Waals surface area contributed by atoms with E-state index in [1.54, 1.807) is 6.26 Å². The lowest BCUT2D eigenvalue weighted by Crippen LogP contribution is -2.42. The minimum atomic E-state index is -3.32. The summed E-state index contributed by atoms with van der Waals surface area (Å²) in [6.07, 6.45) is 4.44. The standard InChI is InChI=1S/C12H15NO4S/c1-18(15,16)12(4-5-12)11(14)13-9-7-8(9)10-3-2-6-17-10/h2-3,6,8-9H,4-5,7H2,1H3,(H,13,14)/t8-,9-/m1/s1. The van der Waals surface area contributed by atoms with Crippen LogP contribution in [0.5, 0.6) is 0 Å². The maximum absolute atomic E-state index is 12.0. The van der Waals surface area contributed by atoms with Crippen LogP contribution in [0.1, 0.15) is 30.9 Å². The number of hydrogen-bond acceptors (Lipinski definition) is 4. The van der Waals surface area contributed by atoms with Crippen LogP contribution in [0.15, 0.2) is 22.8 Å². The third-order valence-electron chi connectivity index (χ3n) is 3.84. The molecule has 2 saturated carbocycles. The Labute approximate surface area is 105 Å². The molecule has 0 saturated heterocycles. The Morgan fingerprint density at radius 3 is 2.72 bits per heavy atom. The number of furan rings is 1. The van der Waals surface area contributed by atoms with Crippen LogP contribution in [-0.2, 0) is 14.6 Å². The third-order valence-corrected chi connectivity index (χ3v) is 5.86. The minimum absolute atomic E-state index is 0.0166. The highest BCUT2D eigenvalue weighted by atomic mass is 32.2. The van der Waals surface area contributed by atoms with Gasteiger partial charge in [-0.3, -0.25) is 4.79 Å². The number of rotatable bonds is 4. The van der Waals surface area contributed by atoms with Crippen LogP contribution >= 0.6 is 0 Å². The van der Waals surface area contributed by atoms with Crippen LogP contribution < -0.4 is 5.32 Å². The summed E-state index contributed by atoms with van der Waals surface area (Å²) < 4.78 is 27.3. The Kier molecular flexibility index (Phi) is 2.35. The summed E-state index contributed by atoms with van der Waals surface area (Å²) in [6, 6.07) is 3.70. The molecule has 1 aromatic rings. The highest BCUT2D eigenvalue weighted by molar-refractivity contribution is 7.93. The van der Waals surface area contributed by atoms with Gasteiger partial charge in [-0.15, -0.1) is 0 Å². The normalized spacial score (nSPS) is 28.7. The van der Waals surface area contributed by atoms with Crippen LogP contribution in [0.2, 0.25) is 0 Å². The van der Waals surface area contributed by atoms with Gasteiger partial charge in [-0.2, -0.15) is 0 Å². The Hall–Kier alpha value is -1.30. The van der Waals surface area contributed by atoms with Crippen molar-refractivity contribution < 1.29 is 17.6 Å². The van der Waals surface area contributed by atoms with Crippen molar-refractivity contribution in [1.29, 1.82) is 0 Å². The zero-order valence-electron chi connectivity index (χ0n) is 10.0. The van der Waals surface area contributed by atoms with Crippen molar-refractivity contribution in [2.75, 3.05) is 6.26 Å². The molecule has 2 aliphatic carbocycles. The summed E-state index contributed by atoms with van der Waals surface area (Å²) in [7, 11) is -3.32. The molecule has 0 aliphatic heterocycles. The van der Waals surface area contributed by atoms with Gasteiger partial charge in [-0.1, -0.05) is 0 Å². The molecular weight excluding hydrogens is 254 g/mol. The van der Waals surface area contributed by atoms with Crippen LogP contribution in [0, 0.1) is 0 Å². The van der Waals surface area contributed by atoms with Gasteiger partial charge in [-0.25, -0.2) is 8.42 Å². The number of carbonyl (C=O) groups excluding carboxylic acids is 1. The van der Waals surface area contributed by atoms with Gasteiger partial charge < -0.3 is 9.73 Å². The van der Waals surface area contributed by atoms with Crippen molar-refractivity contribution in [2.24, 2.45) is 0 Å². The number of sulfone groups is 1. The third kappa shape index (κ3) is 1.75. The fraction of sp³-hybridized carbons (Fsp3) is 0.583. The largest absolute Gasteiger partial charge is 0.469 e. The second-order valence-corrected chi connectivity index (χ2v) is 7.53. The maximum atomic E-state index is 12.0. The van der Waals surface area contributed by atoms with Gasteiger partial charge in [0, 0.05) is 18.2 Å². The van der Waals surface area contributed by atoms with E-state index in [2.05, 4.69) is 5.32 Å². The van der Waals surface area contributed by atoms with Crippen molar-refractivity contribution >= 4 is 15.7 Å². The monoisotopic (exact) mass is 269 g/mol. The molecule has 0 spiro atoms. The van der Waals surface area contributed by atoms with Gasteiger partial charge in [0.1, 0.15) is 5.76 Å². The smallest absolute Gasteiger partial charge is 0.241 e. The summed E-state index contributed by atoms with van der Waals surface area (Å²) in [5, 5.41) is 2.82. The van der Waals surface area contributed by atoms with Crippen LogP contribution in [0.4, 0.5) is 0 Å². The second kappa shape index (κ2) is 3.60. The molecule has 0 bridgehead atoms. The van der Waals surface area contributed by atoms with Crippen LogP contribution in [0.25, 0.3) is 0 Å². The molecule has 0 unspecified atom stereocenters. The highest BCUT2D eigenvalue weighted by Crippen LogP contribution is 2.46. The first-order valence-corrected chi connectivity index (χ1v) is 7.87. The van der Waals surface area contributed by atoms with E-state index < -0.39 is 14.6 Å². The van der Waals surface area contributed by atoms with Crippen molar-refractivity contribution in [3.63, 3.8) is 0 Å². The van der Waals surface area contributed by atoms with E-state index in [4.69, 9.17) is 4.42 Å². The van der Waals surface area contributed by atoms with E-state index in [0.717, 1.165) is 18.4 Å². The molecule has 18 heavy (non-hydrogen) atoms. The fourth-order valence-electron chi connectivity index (χ4n) is 2.35. The van der Waals surface area contributed by atoms with Crippen molar-refractivity contribution in [3.8, 4) is 0 Å². The lowest BCUT2D eigenvalue weighted by atomic mass is 10.3. The zero-order chi connectivity index (χ0) is 13.0. The number of amides is 1. The van der Waals surface area contributed by atoms with E-state index >= 15 is 0 Å². The molecule has 5 nitrogen and oxygen atoms in total. The molecule has 0 radical (unpaired) electrons. The van der Waals surface area contributed by atoms with Crippen LogP contribution in [-0.4, -0.2) is 31.4 Å². The molecule has 2 atom stereocenters. The van der Waals surface area contributed by atoms with Crippen LogP contribution in [0.3, 0.4) is 0 Å². The Morgan fingerprint density at radius 1 is 1.50 bits per heavy atom. The molecule has 98 valence electrons. The molecule has 6 heteroatoms. The van der Waals surface area contributed by atoms with E-state index in [1.807, 2.05) is 12.1 Å². The quantitative estimate of drug-likeness (QED) is 0.878. The average molecular weight is 269 g/mol. The molecular formula is C12H15NO4S. The van der Waals surface area contributed by atoms with Crippen molar-refractivity contribution in [2.45, 2.75) is 36.0 Å². The lowest BCUT2D eigenvalue weighted by Gasteiger charge is -2.12. The Bertz CT molecular complexity index is 571. The average Bonchev–Trinajstić information content (AvgIpc) is 3.17. The van der Waals surface area contributed by atoms with E-state index in [1.165, 1.54) is 0 Å². The van der Waals surface area contributed by atoms with Gasteiger partial charge in [0.15, 0.2) is 14.6 Å². The first kappa shape index (κ1) is 11.8. The van der Waals surface area contributed by atoms with Gasteiger partial charge in [0.05, 0.1) is 6.26 Å². The maximum Gasteiger partial charge on any atom is 0.241 e. The molecule has 1 amide bonds. The minimum Gasteiger partial charge on any atom is -0.469 e. The molecule has 0 aromatic carbocycles. The fourth-order valence-corrected chi connectivity index (χ4v) is 3.59. The van der Waals surface area contributed by atoms with Crippen molar-refractivity contribution in [3.05, 3.63) is 24.2 Å². The van der Waals surface area contributed by atoms with Gasteiger partial charge >= 0.3 is 0 Å². The molecule has 3 rings (SSSR count). The molecule has 1 aromatic heterocycles. The highest BCUT2D eigenvalue weighted by Gasteiger charge is 2.60. The summed E-state index contributed by atoms with van der Waals surface area (Å²) in [5.74, 6) is 0.702. The Morgan fingerprint density at radius 2 is 2.22 bits per heavy atom. The zero-order valence-corrected chi connectivity index (χ0v) is 10.9. The number of nitrogens with one attached hydrogen (secondary N) is 1. The van der Waals surface area contributed by atoms with E-state index in [9.17, 15) is 13.2 Å². The number of hydrogen-bond donors (Lipinski definition) is 1. The molecule has 1 heterocycles. The van der Waals surface area contributed by atoms with Crippen molar-refractivity contribution in [1.82, 2.24) is 5.32 Å². The topological polar surface area (TPSA) is 76.4 Å². The first-order chi connectivity index (χ1) is 8.44. The first-order valence-electron chi connectivity index (χ1n) is 5.98. The lowest BCUT2D eigenvalue weighted by molar-refractivity contribution is -0.121. The SMILES string of the molecule is CS(=O)(=O)C1(C(=O)N[C@@H]2C[C@H]2c2ccco2)CC1. The van der Waals surface area contributed by atoms with Gasteiger partial charge in [-0.05, 0) is 31.4 Å². The second-order valence-electron chi connectivity index (χ2n) is 5.20. The van der Waals surface area contributed by atoms with E-state index in [0.29, 0.717) is 12.8 Å². The van der Waals surface area contributed by atoms with E-state index in [-0.39, 0.29) is 17.9 Å². The summed E-state index contributed by atoms with van der Waals surface area (Å²) in [6.45, 7) is 0. The summed E-state index contributed by atoms with van der Waals surface area (Å²) in [5.41, 5.74) is 0. The van der Waals surface area contributed by atoms with Gasteiger partial charge in [0.25, 0.3) is 0 Å². The molecule has 1 N–H and O–H groups in total. The van der Waals surface area contributed by atoms with Gasteiger partial charge in [0.2, 0.25) is 5.91 Å². The predicted molar refractivity (Wildman–Crippen MR) is 64.8 cm³/mol. The summed E-state index contributed by atoms with van der Waals surface area (Å²) >= 11 is 0. The Balaban J connectivity index is 1.65. The molecule has 2 fully saturated rings. The predicted octanol–water partition coefficient (Wildman–Crippen LogP) is 0.829.